The first kappa shape index (κ1) is 26.3. The van der Waals surface area contributed by atoms with Crippen molar-refractivity contribution in [3.63, 3.8) is 0 Å². The Morgan fingerprint density at radius 1 is 0.879 bits per heavy atom. The molecule has 4 bridgehead atoms. The zero-order valence-electron chi connectivity index (χ0n) is 19.4. The van der Waals surface area contributed by atoms with Crippen LogP contribution < -0.4 is 0 Å². The minimum atomic E-state index is -5.55. The SMILES string of the molecule is CC(OCOC12CC3CC(CC(C3)C1)C2)(C(F)(F)F)C(F)(F)F.CCC(C)c1ccccc1. The van der Waals surface area contributed by atoms with Crippen LogP contribution in [0.15, 0.2) is 30.3 Å². The van der Waals surface area contributed by atoms with Gasteiger partial charge in [-0.3, -0.25) is 0 Å². The molecule has 4 aliphatic rings. The van der Waals surface area contributed by atoms with Crippen molar-refractivity contribution in [1.29, 1.82) is 0 Å². The zero-order valence-corrected chi connectivity index (χ0v) is 19.4. The molecule has 0 spiro atoms. The van der Waals surface area contributed by atoms with Crippen molar-refractivity contribution in [2.75, 3.05) is 6.79 Å². The summed E-state index contributed by atoms with van der Waals surface area (Å²) in [4.78, 5) is 0. The van der Waals surface area contributed by atoms with Crippen LogP contribution >= 0.6 is 0 Å². The summed E-state index contributed by atoms with van der Waals surface area (Å²) in [6, 6.07) is 10.6. The number of rotatable bonds is 6. The minimum absolute atomic E-state index is 0.00996. The van der Waals surface area contributed by atoms with Crippen LogP contribution in [0.1, 0.15) is 77.2 Å². The van der Waals surface area contributed by atoms with Crippen molar-refractivity contribution >= 4 is 0 Å². The molecule has 0 aliphatic heterocycles. The van der Waals surface area contributed by atoms with E-state index in [0.717, 1.165) is 38.5 Å². The van der Waals surface area contributed by atoms with Crippen LogP contribution in [0.2, 0.25) is 0 Å². The lowest BCUT2D eigenvalue weighted by atomic mass is 9.54. The van der Waals surface area contributed by atoms with E-state index >= 15 is 0 Å². The third-order valence-corrected chi connectivity index (χ3v) is 7.76. The molecule has 0 amide bonds. The standard InChI is InChI=1S/C15H20F6O2.C10H14/c1-12(14(16,17)18,15(19,20)21)22-8-23-13-5-9-2-10(6-13)4-11(3-9)7-13;1-3-9(2)10-7-5-4-6-8-10/h9-11H,2-8H2,1H3;4-9H,3H2,1-2H3. The molecule has 1 aromatic rings. The molecule has 4 aliphatic carbocycles. The molecular formula is C25H34F6O2. The van der Waals surface area contributed by atoms with Gasteiger partial charge in [0.05, 0.1) is 5.60 Å². The topological polar surface area (TPSA) is 18.5 Å². The van der Waals surface area contributed by atoms with Gasteiger partial charge >= 0.3 is 12.4 Å². The Balaban J connectivity index is 0.000000257. The number of benzene rings is 1. The molecule has 2 nitrogen and oxygen atoms in total. The normalized spacial score (nSPS) is 30.0. The fourth-order valence-electron chi connectivity index (χ4n) is 5.82. The highest BCUT2D eigenvalue weighted by Crippen LogP contribution is 2.57. The Labute approximate surface area is 192 Å². The van der Waals surface area contributed by atoms with E-state index in [1.807, 2.05) is 0 Å². The largest absolute Gasteiger partial charge is 0.426 e. The first-order valence-electron chi connectivity index (χ1n) is 11.7. The molecule has 1 aromatic carbocycles. The van der Waals surface area contributed by atoms with Gasteiger partial charge in [-0.1, -0.05) is 44.2 Å². The summed E-state index contributed by atoms with van der Waals surface area (Å²) in [5.41, 5.74) is -3.35. The van der Waals surface area contributed by atoms with Gasteiger partial charge in [0.2, 0.25) is 0 Å². The monoisotopic (exact) mass is 480 g/mol. The van der Waals surface area contributed by atoms with Gasteiger partial charge in [-0.25, -0.2) is 0 Å². The molecule has 0 saturated heterocycles. The van der Waals surface area contributed by atoms with Crippen LogP contribution in [0, 0.1) is 17.8 Å². The van der Waals surface area contributed by atoms with Crippen LogP contribution in [0.4, 0.5) is 26.3 Å². The zero-order chi connectivity index (χ0) is 24.5. The minimum Gasteiger partial charge on any atom is -0.349 e. The molecular weight excluding hydrogens is 446 g/mol. The average Bonchev–Trinajstić information content (AvgIpc) is 2.71. The van der Waals surface area contributed by atoms with Crippen LogP contribution in [0.3, 0.4) is 0 Å². The molecule has 1 atom stereocenters. The van der Waals surface area contributed by atoms with Crippen molar-refractivity contribution in [1.82, 2.24) is 0 Å². The van der Waals surface area contributed by atoms with E-state index in [9.17, 15) is 26.3 Å². The highest BCUT2D eigenvalue weighted by molar-refractivity contribution is 5.18. The fraction of sp³-hybridized carbons (Fsp3) is 0.760. The smallest absolute Gasteiger partial charge is 0.349 e. The van der Waals surface area contributed by atoms with Crippen molar-refractivity contribution in [3.05, 3.63) is 35.9 Å². The quantitative estimate of drug-likeness (QED) is 0.303. The lowest BCUT2D eigenvalue weighted by molar-refractivity contribution is -0.393. The van der Waals surface area contributed by atoms with E-state index in [4.69, 9.17) is 4.74 Å². The molecule has 0 heterocycles. The molecule has 1 unspecified atom stereocenters. The summed E-state index contributed by atoms with van der Waals surface area (Å²) in [6.45, 7) is 3.50. The van der Waals surface area contributed by atoms with Gasteiger partial charge in [-0.05, 0) is 81.1 Å². The summed E-state index contributed by atoms with van der Waals surface area (Å²) in [7, 11) is 0. The molecule has 8 heteroatoms. The van der Waals surface area contributed by atoms with Crippen molar-refractivity contribution in [2.45, 2.75) is 95.2 Å². The predicted molar refractivity (Wildman–Crippen MR) is 114 cm³/mol. The molecule has 0 radical (unpaired) electrons. The summed E-state index contributed by atoms with van der Waals surface area (Å²) < 4.78 is 86.4. The Morgan fingerprint density at radius 3 is 1.73 bits per heavy atom. The molecule has 33 heavy (non-hydrogen) atoms. The van der Waals surface area contributed by atoms with Gasteiger partial charge in [-0.15, -0.1) is 0 Å². The maximum absolute atomic E-state index is 12.8. The average molecular weight is 481 g/mol. The molecule has 4 saturated carbocycles. The van der Waals surface area contributed by atoms with E-state index in [1.54, 1.807) is 0 Å². The van der Waals surface area contributed by atoms with Crippen LogP contribution in [0.25, 0.3) is 0 Å². The first-order chi connectivity index (χ1) is 15.3. The molecule has 188 valence electrons. The number of alkyl halides is 6. The number of ether oxygens (including phenoxy) is 2. The summed E-state index contributed by atoms with van der Waals surface area (Å²) in [6.07, 6.45) is -4.40. The van der Waals surface area contributed by atoms with Gasteiger partial charge < -0.3 is 9.47 Å². The summed E-state index contributed by atoms with van der Waals surface area (Å²) in [5.74, 6) is 2.16. The Bertz CT molecular complexity index is 709. The molecule has 0 N–H and O–H groups in total. The van der Waals surface area contributed by atoms with E-state index < -0.39 is 30.3 Å². The first-order valence-corrected chi connectivity index (χ1v) is 11.7. The van der Waals surface area contributed by atoms with E-state index in [1.165, 1.54) is 12.0 Å². The van der Waals surface area contributed by atoms with Gasteiger partial charge in [0.1, 0.15) is 6.79 Å². The second-order valence-electron chi connectivity index (χ2n) is 10.3. The number of hydrogen-bond donors (Lipinski definition) is 0. The van der Waals surface area contributed by atoms with E-state index in [0.29, 0.717) is 23.7 Å². The summed E-state index contributed by atoms with van der Waals surface area (Å²) in [5, 5.41) is 0. The lowest BCUT2D eigenvalue weighted by Gasteiger charge is -2.56. The highest BCUT2D eigenvalue weighted by Gasteiger charge is 2.69. The Morgan fingerprint density at radius 2 is 1.33 bits per heavy atom. The van der Waals surface area contributed by atoms with Crippen LogP contribution in [-0.4, -0.2) is 30.3 Å². The van der Waals surface area contributed by atoms with Gasteiger partial charge in [0, 0.05) is 0 Å². The second-order valence-corrected chi connectivity index (χ2v) is 10.3. The van der Waals surface area contributed by atoms with Gasteiger partial charge in [-0.2, -0.15) is 26.3 Å². The van der Waals surface area contributed by atoms with Gasteiger partial charge in [0.25, 0.3) is 5.60 Å². The van der Waals surface area contributed by atoms with Crippen molar-refractivity contribution < 1.29 is 35.8 Å². The highest BCUT2D eigenvalue weighted by atomic mass is 19.4. The van der Waals surface area contributed by atoms with E-state index in [-0.39, 0.29) is 6.92 Å². The Kier molecular flexibility index (Phi) is 7.79. The molecule has 4 fully saturated rings. The second kappa shape index (κ2) is 9.76. The number of hydrogen-bond acceptors (Lipinski definition) is 2. The van der Waals surface area contributed by atoms with Crippen LogP contribution in [0.5, 0.6) is 0 Å². The van der Waals surface area contributed by atoms with Crippen LogP contribution in [-0.2, 0) is 9.47 Å². The number of halogens is 6. The fourth-order valence-corrected chi connectivity index (χ4v) is 5.82. The lowest BCUT2D eigenvalue weighted by Crippen LogP contribution is -2.58. The van der Waals surface area contributed by atoms with Gasteiger partial charge in [0.15, 0.2) is 0 Å². The summed E-state index contributed by atoms with van der Waals surface area (Å²) >= 11 is 0. The maximum atomic E-state index is 12.8. The molecule has 0 aromatic heterocycles. The van der Waals surface area contributed by atoms with Crippen molar-refractivity contribution in [3.8, 4) is 0 Å². The molecule has 5 rings (SSSR count). The Hall–Kier alpha value is -1.28. The third-order valence-electron chi connectivity index (χ3n) is 7.76. The predicted octanol–water partition coefficient (Wildman–Crippen LogP) is 8.03. The van der Waals surface area contributed by atoms with Crippen molar-refractivity contribution in [2.24, 2.45) is 17.8 Å². The maximum Gasteiger partial charge on any atom is 0.426 e. The third kappa shape index (κ3) is 5.87. The van der Waals surface area contributed by atoms with E-state index in [2.05, 4.69) is 48.9 Å².